The summed E-state index contributed by atoms with van der Waals surface area (Å²) in [7, 11) is 0. The molecule has 0 aliphatic rings. The topological polar surface area (TPSA) is 125 Å². The highest BCUT2D eigenvalue weighted by atomic mass is 16.5. The zero-order valence-corrected chi connectivity index (χ0v) is 14.9. The number of ether oxygens (including phenoxy) is 2. The molecule has 146 valence electrons. The van der Waals surface area contributed by atoms with E-state index in [1.807, 2.05) is 54.6 Å². The number of nitrogens with one attached hydrogen (secondary N) is 1. The van der Waals surface area contributed by atoms with Crippen LogP contribution in [0.25, 0.3) is 0 Å². The Hall–Kier alpha value is -3.10. The Morgan fingerprint density at radius 1 is 0.963 bits per heavy atom. The van der Waals surface area contributed by atoms with E-state index in [0.717, 1.165) is 17.2 Å². The van der Waals surface area contributed by atoms with Crippen LogP contribution in [0.4, 0.5) is 0 Å². The van der Waals surface area contributed by atoms with Gasteiger partial charge in [0, 0.05) is 19.2 Å². The SMILES string of the molecule is CC(O)CNCCOc1cccc(Oc2ccccc2)c1.O=C(O)C(=O)O. The Morgan fingerprint density at radius 3 is 2.15 bits per heavy atom. The minimum atomic E-state index is -1.82. The monoisotopic (exact) mass is 377 g/mol. The molecule has 1 unspecified atom stereocenters. The van der Waals surface area contributed by atoms with Gasteiger partial charge in [0.1, 0.15) is 23.9 Å². The van der Waals surface area contributed by atoms with Crippen LogP contribution in [0.1, 0.15) is 6.92 Å². The fourth-order valence-corrected chi connectivity index (χ4v) is 1.80. The van der Waals surface area contributed by atoms with Crippen molar-refractivity contribution in [3.05, 3.63) is 54.6 Å². The number of carbonyl (C=O) groups is 2. The van der Waals surface area contributed by atoms with Gasteiger partial charge in [-0.15, -0.1) is 0 Å². The molecule has 0 bridgehead atoms. The van der Waals surface area contributed by atoms with Crippen molar-refractivity contribution in [2.75, 3.05) is 19.7 Å². The Morgan fingerprint density at radius 2 is 1.56 bits per heavy atom. The van der Waals surface area contributed by atoms with Crippen LogP contribution in [0.15, 0.2) is 54.6 Å². The summed E-state index contributed by atoms with van der Waals surface area (Å²) < 4.78 is 11.4. The molecule has 2 aromatic rings. The summed E-state index contributed by atoms with van der Waals surface area (Å²) in [5, 5.41) is 27.0. The maximum Gasteiger partial charge on any atom is 0.414 e. The van der Waals surface area contributed by atoms with Crippen LogP contribution in [0.2, 0.25) is 0 Å². The average Bonchev–Trinajstić information content (AvgIpc) is 2.63. The zero-order valence-electron chi connectivity index (χ0n) is 14.9. The molecule has 8 nitrogen and oxygen atoms in total. The summed E-state index contributed by atoms with van der Waals surface area (Å²) >= 11 is 0. The van der Waals surface area contributed by atoms with Gasteiger partial charge in [-0.1, -0.05) is 24.3 Å². The normalized spacial score (nSPS) is 10.9. The molecule has 8 heteroatoms. The number of aliphatic hydroxyl groups is 1. The maximum atomic E-state index is 9.13. The fraction of sp³-hybridized carbons (Fsp3) is 0.263. The lowest BCUT2D eigenvalue weighted by atomic mass is 10.3. The predicted molar refractivity (Wildman–Crippen MR) is 98.3 cm³/mol. The summed E-state index contributed by atoms with van der Waals surface area (Å²) in [6, 6.07) is 17.2. The molecular formula is C19H23NO7. The van der Waals surface area contributed by atoms with E-state index in [9.17, 15) is 0 Å². The lowest BCUT2D eigenvalue weighted by molar-refractivity contribution is -0.159. The lowest BCUT2D eigenvalue weighted by Crippen LogP contribution is -2.28. The highest BCUT2D eigenvalue weighted by Crippen LogP contribution is 2.24. The van der Waals surface area contributed by atoms with Crippen LogP contribution in [0.3, 0.4) is 0 Å². The van der Waals surface area contributed by atoms with Crippen molar-refractivity contribution in [1.29, 1.82) is 0 Å². The Balaban J connectivity index is 0.000000527. The number of para-hydroxylation sites is 1. The molecule has 27 heavy (non-hydrogen) atoms. The van der Waals surface area contributed by atoms with Crippen molar-refractivity contribution in [3.63, 3.8) is 0 Å². The molecular weight excluding hydrogens is 354 g/mol. The number of rotatable bonds is 8. The first-order valence-corrected chi connectivity index (χ1v) is 8.19. The van der Waals surface area contributed by atoms with Crippen molar-refractivity contribution in [2.24, 2.45) is 0 Å². The summed E-state index contributed by atoms with van der Waals surface area (Å²) in [4.78, 5) is 18.2. The first kappa shape index (κ1) is 21.9. The molecule has 0 saturated heterocycles. The molecule has 0 spiro atoms. The van der Waals surface area contributed by atoms with Crippen LogP contribution >= 0.6 is 0 Å². The van der Waals surface area contributed by atoms with Gasteiger partial charge < -0.3 is 30.1 Å². The first-order chi connectivity index (χ1) is 12.9. The largest absolute Gasteiger partial charge is 0.492 e. The summed E-state index contributed by atoms with van der Waals surface area (Å²) in [6.45, 7) is 3.55. The van der Waals surface area contributed by atoms with Crippen molar-refractivity contribution in [3.8, 4) is 17.2 Å². The number of hydrogen-bond donors (Lipinski definition) is 4. The number of aliphatic hydroxyl groups excluding tert-OH is 1. The van der Waals surface area contributed by atoms with Gasteiger partial charge in [0.05, 0.1) is 6.10 Å². The van der Waals surface area contributed by atoms with E-state index < -0.39 is 11.9 Å². The molecule has 2 aromatic carbocycles. The third-order valence-corrected chi connectivity index (χ3v) is 2.95. The van der Waals surface area contributed by atoms with E-state index >= 15 is 0 Å². The third kappa shape index (κ3) is 10.5. The van der Waals surface area contributed by atoms with Gasteiger partial charge in [-0.05, 0) is 31.2 Å². The molecule has 2 rings (SSSR count). The standard InChI is InChI=1S/C17H21NO3.C2H2O4/c1-14(19)13-18-10-11-20-16-8-5-9-17(12-16)21-15-6-3-2-4-7-15;3-1(4)2(5)6/h2-9,12,14,18-19H,10-11,13H2,1H3;(H,3,4)(H,5,6). The van der Waals surface area contributed by atoms with E-state index in [4.69, 9.17) is 34.4 Å². The van der Waals surface area contributed by atoms with Crippen molar-refractivity contribution in [1.82, 2.24) is 5.32 Å². The lowest BCUT2D eigenvalue weighted by Gasteiger charge is -2.10. The quantitative estimate of drug-likeness (QED) is 0.406. The third-order valence-electron chi connectivity index (χ3n) is 2.95. The second-order valence-corrected chi connectivity index (χ2v) is 5.40. The van der Waals surface area contributed by atoms with Crippen LogP contribution in [-0.4, -0.2) is 53.1 Å². The number of benzene rings is 2. The Labute approximate surface area is 157 Å². The highest BCUT2D eigenvalue weighted by Gasteiger charge is 2.04. The highest BCUT2D eigenvalue weighted by molar-refractivity contribution is 6.27. The van der Waals surface area contributed by atoms with E-state index in [1.165, 1.54) is 0 Å². The second kappa shape index (κ2) is 12.3. The molecule has 0 fully saturated rings. The molecule has 0 amide bonds. The summed E-state index contributed by atoms with van der Waals surface area (Å²) in [5.41, 5.74) is 0. The van der Waals surface area contributed by atoms with Gasteiger partial charge >= 0.3 is 11.9 Å². The maximum absolute atomic E-state index is 9.13. The number of carboxylic acid groups (broad SMARTS) is 2. The van der Waals surface area contributed by atoms with Crippen LogP contribution < -0.4 is 14.8 Å². The molecule has 0 aliphatic carbocycles. The van der Waals surface area contributed by atoms with Gasteiger partial charge in [-0.3, -0.25) is 0 Å². The van der Waals surface area contributed by atoms with Gasteiger partial charge in [-0.2, -0.15) is 0 Å². The number of hydrogen-bond acceptors (Lipinski definition) is 6. The molecule has 0 radical (unpaired) electrons. The van der Waals surface area contributed by atoms with E-state index in [2.05, 4.69) is 5.32 Å². The minimum absolute atomic E-state index is 0.340. The summed E-state index contributed by atoms with van der Waals surface area (Å²) in [6.07, 6.45) is -0.340. The Bertz CT molecular complexity index is 692. The van der Waals surface area contributed by atoms with Gasteiger partial charge in [0.25, 0.3) is 0 Å². The molecule has 0 heterocycles. The first-order valence-electron chi connectivity index (χ1n) is 8.19. The van der Waals surface area contributed by atoms with Gasteiger partial charge in [-0.25, -0.2) is 9.59 Å². The molecule has 0 saturated carbocycles. The molecule has 0 aliphatic heterocycles. The minimum Gasteiger partial charge on any atom is -0.492 e. The van der Waals surface area contributed by atoms with Crippen molar-refractivity contribution < 1.29 is 34.4 Å². The average molecular weight is 377 g/mol. The van der Waals surface area contributed by atoms with Gasteiger partial charge in [0.15, 0.2) is 0 Å². The predicted octanol–water partition coefficient (Wildman–Crippen LogP) is 1.98. The molecule has 0 aromatic heterocycles. The Kier molecular flexibility index (Phi) is 9.98. The van der Waals surface area contributed by atoms with Crippen LogP contribution in [0, 0.1) is 0 Å². The van der Waals surface area contributed by atoms with Crippen LogP contribution in [0.5, 0.6) is 17.2 Å². The van der Waals surface area contributed by atoms with E-state index in [-0.39, 0.29) is 6.10 Å². The van der Waals surface area contributed by atoms with Crippen molar-refractivity contribution >= 4 is 11.9 Å². The van der Waals surface area contributed by atoms with Gasteiger partial charge in [0.2, 0.25) is 0 Å². The fourth-order valence-electron chi connectivity index (χ4n) is 1.80. The molecule has 4 N–H and O–H groups in total. The van der Waals surface area contributed by atoms with E-state index in [1.54, 1.807) is 6.92 Å². The second-order valence-electron chi connectivity index (χ2n) is 5.40. The van der Waals surface area contributed by atoms with Crippen LogP contribution in [-0.2, 0) is 9.59 Å². The smallest absolute Gasteiger partial charge is 0.414 e. The number of carboxylic acids is 2. The molecule has 1 atom stereocenters. The zero-order chi connectivity index (χ0) is 20.1. The summed E-state index contributed by atoms with van der Waals surface area (Å²) in [5.74, 6) is -1.34. The van der Waals surface area contributed by atoms with Crippen molar-refractivity contribution in [2.45, 2.75) is 13.0 Å². The number of aliphatic carboxylic acids is 2. The van der Waals surface area contributed by atoms with E-state index in [0.29, 0.717) is 19.7 Å².